The third-order valence-electron chi connectivity index (χ3n) is 2.79. The van der Waals surface area contributed by atoms with Crippen LogP contribution in [0.4, 0.5) is 10.1 Å². The summed E-state index contributed by atoms with van der Waals surface area (Å²) in [6.45, 7) is 0. The maximum absolute atomic E-state index is 13.7. The Morgan fingerprint density at radius 1 is 1.18 bits per heavy atom. The number of sulfonamides is 1. The zero-order valence-electron chi connectivity index (χ0n) is 11.4. The first-order valence-corrected chi connectivity index (χ1v) is 7.99. The Bertz CT molecular complexity index is 825. The van der Waals surface area contributed by atoms with Gasteiger partial charge in [-0.25, -0.2) is 12.8 Å². The van der Waals surface area contributed by atoms with Gasteiger partial charge in [0.15, 0.2) is 0 Å². The second kappa shape index (κ2) is 6.33. The Morgan fingerprint density at radius 3 is 2.55 bits per heavy atom. The summed E-state index contributed by atoms with van der Waals surface area (Å²) in [6.07, 6.45) is 0. The van der Waals surface area contributed by atoms with E-state index in [2.05, 4.69) is 10.0 Å². The molecule has 2 N–H and O–H groups in total. The van der Waals surface area contributed by atoms with E-state index in [0.717, 1.165) is 12.1 Å². The number of benzene rings is 2. The van der Waals surface area contributed by atoms with Crippen LogP contribution in [0.1, 0.15) is 10.4 Å². The number of hydrogen-bond donors (Lipinski definition) is 2. The lowest BCUT2D eigenvalue weighted by atomic mass is 10.2. The number of carbonyl (C=O) groups excluding carboxylic acids is 1. The number of hydrogen-bond acceptors (Lipinski definition) is 3. The van der Waals surface area contributed by atoms with E-state index in [0.29, 0.717) is 0 Å². The molecule has 0 aliphatic heterocycles. The quantitative estimate of drug-likeness (QED) is 0.897. The third-order valence-corrected chi connectivity index (χ3v) is 4.44. The van der Waals surface area contributed by atoms with Crippen LogP contribution in [0, 0.1) is 5.82 Å². The van der Waals surface area contributed by atoms with Gasteiger partial charge in [0.2, 0.25) is 0 Å². The standard InChI is InChI=1S/C14H12ClFN2O3S/c1-17-14(19)9-3-2-4-11(7-9)18-22(20,21)13-6-5-10(15)8-12(13)16/h2-8,18H,1H3,(H,17,19). The first kappa shape index (κ1) is 16.3. The van der Waals surface area contributed by atoms with Crippen molar-refractivity contribution >= 4 is 33.2 Å². The van der Waals surface area contributed by atoms with Gasteiger partial charge in [0, 0.05) is 23.3 Å². The second-order valence-corrected chi connectivity index (χ2v) is 6.43. The average Bonchev–Trinajstić information content (AvgIpc) is 2.45. The Labute approximate surface area is 132 Å². The summed E-state index contributed by atoms with van der Waals surface area (Å²) in [5.41, 5.74) is 0.426. The predicted molar refractivity (Wildman–Crippen MR) is 82.1 cm³/mol. The van der Waals surface area contributed by atoms with Crippen LogP contribution in [0.15, 0.2) is 47.4 Å². The number of rotatable bonds is 4. The lowest BCUT2D eigenvalue weighted by molar-refractivity contribution is 0.0963. The molecule has 0 spiro atoms. The van der Waals surface area contributed by atoms with Gasteiger partial charge in [-0.3, -0.25) is 9.52 Å². The van der Waals surface area contributed by atoms with Gasteiger partial charge in [-0.15, -0.1) is 0 Å². The highest BCUT2D eigenvalue weighted by Gasteiger charge is 2.19. The molecule has 0 fully saturated rings. The summed E-state index contributed by atoms with van der Waals surface area (Å²) >= 11 is 5.60. The summed E-state index contributed by atoms with van der Waals surface area (Å²) < 4.78 is 40.3. The number of nitrogens with one attached hydrogen (secondary N) is 2. The number of halogens is 2. The van der Waals surface area contributed by atoms with Gasteiger partial charge < -0.3 is 5.32 Å². The van der Waals surface area contributed by atoms with Crippen LogP contribution in [0.3, 0.4) is 0 Å². The Hall–Kier alpha value is -2.12. The van der Waals surface area contributed by atoms with Gasteiger partial charge in [0.1, 0.15) is 10.7 Å². The molecule has 2 rings (SSSR count). The molecule has 5 nitrogen and oxygen atoms in total. The molecule has 0 unspecified atom stereocenters. The van der Waals surface area contributed by atoms with Crippen molar-refractivity contribution in [1.29, 1.82) is 0 Å². The normalized spacial score (nSPS) is 11.0. The van der Waals surface area contributed by atoms with E-state index < -0.39 is 20.7 Å². The minimum atomic E-state index is -4.13. The summed E-state index contributed by atoms with van der Waals surface area (Å²) in [5, 5.41) is 2.52. The van der Waals surface area contributed by atoms with Crippen LogP contribution < -0.4 is 10.0 Å². The highest BCUT2D eigenvalue weighted by atomic mass is 35.5. The van der Waals surface area contributed by atoms with E-state index in [4.69, 9.17) is 11.6 Å². The molecule has 0 aliphatic carbocycles. The van der Waals surface area contributed by atoms with Crippen LogP contribution in [0.5, 0.6) is 0 Å². The molecule has 8 heteroatoms. The first-order valence-electron chi connectivity index (χ1n) is 6.13. The monoisotopic (exact) mass is 342 g/mol. The summed E-state index contributed by atoms with van der Waals surface area (Å²) in [5.74, 6) is -1.32. The molecule has 0 aliphatic rings. The molecule has 0 heterocycles. The van der Waals surface area contributed by atoms with E-state index in [9.17, 15) is 17.6 Å². The first-order chi connectivity index (χ1) is 10.3. The minimum absolute atomic E-state index is 0.0954. The van der Waals surface area contributed by atoms with Crippen molar-refractivity contribution in [2.75, 3.05) is 11.8 Å². The Balaban J connectivity index is 2.35. The fourth-order valence-electron chi connectivity index (χ4n) is 1.77. The van der Waals surface area contributed by atoms with Crippen molar-refractivity contribution in [1.82, 2.24) is 5.32 Å². The average molecular weight is 343 g/mol. The molecule has 0 saturated carbocycles. The molecule has 0 bridgehead atoms. The van der Waals surface area contributed by atoms with Crippen LogP contribution in [0.25, 0.3) is 0 Å². The molecule has 2 aromatic rings. The SMILES string of the molecule is CNC(=O)c1cccc(NS(=O)(=O)c2ccc(Cl)cc2F)c1. The number of amides is 1. The van der Waals surface area contributed by atoms with E-state index in [1.807, 2.05) is 0 Å². The summed E-state index contributed by atoms with van der Waals surface area (Å²) in [7, 11) is -2.66. The van der Waals surface area contributed by atoms with Crippen molar-refractivity contribution in [3.05, 3.63) is 58.9 Å². The molecule has 0 atom stereocenters. The molecule has 2 aromatic carbocycles. The molecule has 0 aromatic heterocycles. The molecular weight excluding hydrogens is 331 g/mol. The Kier molecular flexibility index (Phi) is 4.68. The molecule has 22 heavy (non-hydrogen) atoms. The highest BCUT2D eigenvalue weighted by Crippen LogP contribution is 2.22. The number of carbonyl (C=O) groups is 1. The highest BCUT2D eigenvalue weighted by molar-refractivity contribution is 7.92. The zero-order chi connectivity index (χ0) is 16.3. The molecular formula is C14H12ClFN2O3S. The largest absolute Gasteiger partial charge is 0.355 e. The topological polar surface area (TPSA) is 75.3 Å². The van der Waals surface area contributed by atoms with Crippen LogP contribution >= 0.6 is 11.6 Å². The van der Waals surface area contributed by atoms with Crippen molar-refractivity contribution in [2.45, 2.75) is 4.90 Å². The van der Waals surface area contributed by atoms with Crippen LogP contribution in [-0.2, 0) is 10.0 Å². The van der Waals surface area contributed by atoms with Gasteiger partial charge in [-0.05, 0) is 36.4 Å². The summed E-state index contributed by atoms with van der Waals surface area (Å²) in [4.78, 5) is 11.0. The van der Waals surface area contributed by atoms with Gasteiger partial charge in [0.25, 0.3) is 15.9 Å². The van der Waals surface area contributed by atoms with E-state index in [1.165, 1.54) is 37.4 Å². The van der Waals surface area contributed by atoms with Crippen LogP contribution in [-0.4, -0.2) is 21.4 Å². The lowest BCUT2D eigenvalue weighted by Gasteiger charge is -2.10. The fourth-order valence-corrected chi connectivity index (χ4v) is 3.04. The number of anilines is 1. The maximum atomic E-state index is 13.7. The smallest absolute Gasteiger partial charge is 0.264 e. The van der Waals surface area contributed by atoms with Gasteiger partial charge in [0.05, 0.1) is 0 Å². The van der Waals surface area contributed by atoms with E-state index >= 15 is 0 Å². The zero-order valence-corrected chi connectivity index (χ0v) is 13.0. The molecule has 0 saturated heterocycles. The Morgan fingerprint density at radius 2 is 1.91 bits per heavy atom. The van der Waals surface area contributed by atoms with Crippen molar-refractivity contribution in [2.24, 2.45) is 0 Å². The molecule has 0 radical (unpaired) electrons. The second-order valence-electron chi connectivity index (χ2n) is 4.34. The molecule has 1 amide bonds. The predicted octanol–water partition coefficient (Wildman–Crippen LogP) is 2.64. The van der Waals surface area contributed by atoms with E-state index in [-0.39, 0.29) is 22.2 Å². The van der Waals surface area contributed by atoms with E-state index in [1.54, 1.807) is 0 Å². The van der Waals surface area contributed by atoms with Crippen molar-refractivity contribution in [3.8, 4) is 0 Å². The van der Waals surface area contributed by atoms with Gasteiger partial charge in [-0.2, -0.15) is 0 Å². The van der Waals surface area contributed by atoms with Crippen molar-refractivity contribution in [3.63, 3.8) is 0 Å². The fraction of sp³-hybridized carbons (Fsp3) is 0.0714. The minimum Gasteiger partial charge on any atom is -0.355 e. The lowest BCUT2D eigenvalue weighted by Crippen LogP contribution is -2.19. The van der Waals surface area contributed by atoms with Gasteiger partial charge >= 0.3 is 0 Å². The third kappa shape index (κ3) is 3.55. The summed E-state index contributed by atoms with van der Waals surface area (Å²) in [6, 6.07) is 9.11. The van der Waals surface area contributed by atoms with Crippen molar-refractivity contribution < 1.29 is 17.6 Å². The van der Waals surface area contributed by atoms with Crippen LogP contribution in [0.2, 0.25) is 5.02 Å². The molecule has 116 valence electrons. The van der Waals surface area contributed by atoms with Gasteiger partial charge in [-0.1, -0.05) is 17.7 Å². The maximum Gasteiger partial charge on any atom is 0.264 e.